The van der Waals surface area contributed by atoms with E-state index in [2.05, 4.69) is 20.4 Å². The summed E-state index contributed by atoms with van der Waals surface area (Å²) >= 11 is 0. The Kier molecular flexibility index (Phi) is 4.67. The molecule has 4 aromatic rings. The lowest BCUT2D eigenvalue weighted by Crippen LogP contribution is -2.37. The second-order valence-corrected chi connectivity index (χ2v) is 6.65. The van der Waals surface area contributed by atoms with Crippen LogP contribution < -0.4 is 10.3 Å². The smallest absolute Gasteiger partial charge is 0.160 e. The predicted molar refractivity (Wildman–Crippen MR) is 111 cm³/mol. The molecule has 0 amide bonds. The number of nitrogens with one attached hydrogen (secondary N) is 1. The van der Waals surface area contributed by atoms with Crippen molar-refractivity contribution in [3.63, 3.8) is 0 Å². The molecule has 0 atom stereocenters. The Morgan fingerprint density at radius 3 is 2.69 bits per heavy atom. The molecule has 0 unspecified atom stereocenters. The average molecular weight is 388 g/mol. The molecule has 0 aliphatic carbocycles. The Morgan fingerprint density at radius 1 is 1.03 bits per heavy atom. The molecule has 8 nitrogen and oxygen atoms in total. The van der Waals surface area contributed by atoms with Gasteiger partial charge < -0.3 is 14.1 Å². The third kappa shape index (κ3) is 3.70. The molecule has 4 heterocycles. The summed E-state index contributed by atoms with van der Waals surface area (Å²) in [7, 11) is 0. The van der Waals surface area contributed by atoms with Crippen LogP contribution >= 0.6 is 0 Å². The van der Waals surface area contributed by atoms with E-state index in [0.29, 0.717) is 24.8 Å². The van der Waals surface area contributed by atoms with Gasteiger partial charge in [-0.15, -0.1) is 0 Å². The highest BCUT2D eigenvalue weighted by atomic mass is 16.5. The summed E-state index contributed by atoms with van der Waals surface area (Å²) in [6.07, 6.45) is 3.23. The van der Waals surface area contributed by atoms with Crippen LogP contribution in [0.3, 0.4) is 0 Å². The molecule has 146 valence electrons. The van der Waals surface area contributed by atoms with Gasteiger partial charge in [0.25, 0.3) is 0 Å². The van der Waals surface area contributed by atoms with Crippen molar-refractivity contribution >= 4 is 23.5 Å². The lowest BCUT2D eigenvalue weighted by atomic mass is 10.2. The first-order valence-corrected chi connectivity index (χ1v) is 9.48. The Morgan fingerprint density at radius 2 is 1.90 bits per heavy atom. The Labute approximate surface area is 167 Å². The third-order valence-corrected chi connectivity index (χ3v) is 4.73. The molecular formula is C21H20N6O2. The molecule has 1 aliphatic rings. The highest BCUT2D eigenvalue weighted by Gasteiger charge is 2.18. The second kappa shape index (κ2) is 7.76. The summed E-state index contributed by atoms with van der Waals surface area (Å²) in [4.78, 5) is 6.93. The maximum atomic E-state index is 5.51. The number of ether oxygens (including phenoxy) is 1. The zero-order chi connectivity index (χ0) is 19.5. The Hall–Kier alpha value is -3.65. The molecule has 1 aromatic carbocycles. The number of furan rings is 1. The first-order chi connectivity index (χ1) is 14.4. The number of morpholine rings is 1. The zero-order valence-corrected chi connectivity index (χ0v) is 15.7. The summed E-state index contributed by atoms with van der Waals surface area (Å²) < 4.78 is 12.7. The molecule has 5 rings (SSSR count). The van der Waals surface area contributed by atoms with Crippen molar-refractivity contribution in [3.8, 4) is 11.3 Å². The van der Waals surface area contributed by atoms with Gasteiger partial charge in [-0.1, -0.05) is 30.3 Å². The summed E-state index contributed by atoms with van der Waals surface area (Å²) in [6.45, 7) is 2.98. The summed E-state index contributed by atoms with van der Waals surface area (Å²) in [5, 5.41) is 9.05. The van der Waals surface area contributed by atoms with Crippen molar-refractivity contribution in [1.82, 2.24) is 14.6 Å². The van der Waals surface area contributed by atoms with Crippen molar-refractivity contribution in [2.24, 2.45) is 5.10 Å². The predicted octanol–water partition coefficient (Wildman–Crippen LogP) is 3.27. The van der Waals surface area contributed by atoms with E-state index in [9.17, 15) is 0 Å². The van der Waals surface area contributed by atoms with Crippen LogP contribution in [0.5, 0.6) is 0 Å². The van der Waals surface area contributed by atoms with E-state index in [1.54, 1.807) is 12.5 Å². The van der Waals surface area contributed by atoms with E-state index >= 15 is 0 Å². The molecule has 29 heavy (non-hydrogen) atoms. The number of anilines is 2. The van der Waals surface area contributed by atoms with Gasteiger partial charge in [0.05, 0.1) is 31.4 Å². The minimum Gasteiger partial charge on any atom is -0.463 e. The molecule has 1 N–H and O–H groups in total. The molecule has 0 spiro atoms. The van der Waals surface area contributed by atoms with E-state index in [0.717, 1.165) is 35.8 Å². The third-order valence-electron chi connectivity index (χ3n) is 4.73. The van der Waals surface area contributed by atoms with E-state index in [1.807, 2.05) is 59.1 Å². The number of hydrogen-bond donors (Lipinski definition) is 1. The van der Waals surface area contributed by atoms with Gasteiger partial charge in [0.2, 0.25) is 0 Å². The summed E-state index contributed by atoms with van der Waals surface area (Å²) in [6, 6.07) is 17.7. The van der Waals surface area contributed by atoms with Gasteiger partial charge >= 0.3 is 0 Å². The highest BCUT2D eigenvalue weighted by molar-refractivity contribution is 5.76. The van der Waals surface area contributed by atoms with Crippen LogP contribution in [0.15, 0.2) is 70.4 Å². The largest absolute Gasteiger partial charge is 0.463 e. The van der Waals surface area contributed by atoms with Crippen molar-refractivity contribution in [1.29, 1.82) is 0 Å². The number of benzene rings is 1. The van der Waals surface area contributed by atoms with E-state index in [4.69, 9.17) is 14.3 Å². The number of hydrogen-bond acceptors (Lipinski definition) is 7. The van der Waals surface area contributed by atoms with E-state index in [-0.39, 0.29) is 0 Å². The van der Waals surface area contributed by atoms with Gasteiger partial charge in [-0.2, -0.15) is 14.7 Å². The van der Waals surface area contributed by atoms with Gasteiger partial charge in [0.1, 0.15) is 11.6 Å². The SMILES string of the molecule is C(=N\Nc1cc(N2CCOCC2)n2nc(-c3ccccc3)cc2n1)/c1ccco1. The number of rotatable bonds is 5. The van der Waals surface area contributed by atoms with Gasteiger partial charge in [-0.05, 0) is 12.1 Å². The molecule has 0 bridgehead atoms. The lowest BCUT2D eigenvalue weighted by Gasteiger charge is -2.29. The first kappa shape index (κ1) is 17.4. The Bertz CT molecular complexity index is 1120. The normalized spacial score (nSPS) is 14.7. The minimum absolute atomic E-state index is 0.640. The Balaban J connectivity index is 1.53. The molecule has 1 saturated heterocycles. The van der Waals surface area contributed by atoms with Crippen molar-refractivity contribution < 1.29 is 9.15 Å². The molecule has 8 heteroatoms. The standard InChI is InChI=1S/C21H20N6O2/c1-2-5-16(6-3-1)18-13-20-23-19(24-22-15-17-7-4-10-29-17)14-21(27(20)25-18)26-8-11-28-12-9-26/h1-7,10,13-15H,8-9,11-12H2,(H,23,24)/b22-15+. The zero-order valence-electron chi connectivity index (χ0n) is 15.7. The fraction of sp³-hybridized carbons (Fsp3) is 0.190. The number of hydrazone groups is 1. The summed E-state index contributed by atoms with van der Waals surface area (Å²) in [5.41, 5.74) is 5.69. The fourth-order valence-corrected chi connectivity index (χ4v) is 3.31. The number of fused-ring (bicyclic) bond motifs is 1. The minimum atomic E-state index is 0.640. The molecule has 0 saturated carbocycles. The van der Waals surface area contributed by atoms with Crippen LogP contribution in [0.1, 0.15) is 5.76 Å². The monoisotopic (exact) mass is 388 g/mol. The average Bonchev–Trinajstić information content (AvgIpc) is 3.44. The van der Waals surface area contributed by atoms with Crippen LogP contribution in [0.2, 0.25) is 0 Å². The van der Waals surface area contributed by atoms with Crippen LogP contribution in [0.25, 0.3) is 16.9 Å². The summed E-state index contributed by atoms with van der Waals surface area (Å²) in [5.74, 6) is 2.26. The second-order valence-electron chi connectivity index (χ2n) is 6.65. The van der Waals surface area contributed by atoms with Gasteiger partial charge in [0.15, 0.2) is 11.5 Å². The van der Waals surface area contributed by atoms with Crippen LogP contribution in [-0.2, 0) is 4.74 Å². The number of aromatic nitrogens is 3. The fourth-order valence-electron chi connectivity index (χ4n) is 3.31. The van der Waals surface area contributed by atoms with Crippen molar-refractivity contribution in [2.75, 3.05) is 36.6 Å². The van der Waals surface area contributed by atoms with E-state index < -0.39 is 0 Å². The molecule has 0 radical (unpaired) electrons. The van der Waals surface area contributed by atoms with Gasteiger partial charge in [-0.3, -0.25) is 5.43 Å². The molecule has 3 aromatic heterocycles. The van der Waals surface area contributed by atoms with Crippen molar-refractivity contribution in [3.05, 3.63) is 66.6 Å². The van der Waals surface area contributed by atoms with Gasteiger partial charge in [-0.25, -0.2) is 4.98 Å². The molecule has 1 aliphatic heterocycles. The lowest BCUT2D eigenvalue weighted by molar-refractivity contribution is 0.122. The maximum Gasteiger partial charge on any atom is 0.160 e. The van der Waals surface area contributed by atoms with Crippen molar-refractivity contribution in [2.45, 2.75) is 0 Å². The van der Waals surface area contributed by atoms with E-state index in [1.165, 1.54) is 0 Å². The topological polar surface area (TPSA) is 80.2 Å². The number of nitrogens with zero attached hydrogens (tertiary/aromatic N) is 5. The molecule has 1 fully saturated rings. The van der Waals surface area contributed by atoms with Gasteiger partial charge in [0, 0.05) is 30.8 Å². The van der Waals surface area contributed by atoms with Crippen LogP contribution in [0.4, 0.5) is 11.6 Å². The van der Waals surface area contributed by atoms with Crippen LogP contribution in [-0.4, -0.2) is 47.1 Å². The van der Waals surface area contributed by atoms with Crippen LogP contribution in [0, 0.1) is 0 Å². The highest BCUT2D eigenvalue weighted by Crippen LogP contribution is 2.25. The molecular weight excluding hydrogens is 368 g/mol. The maximum absolute atomic E-state index is 5.51. The quantitative estimate of drug-likeness (QED) is 0.418. The first-order valence-electron chi connectivity index (χ1n) is 9.48.